The van der Waals surface area contributed by atoms with E-state index in [0.717, 1.165) is 57.2 Å². The minimum atomic E-state index is -0.358. The van der Waals surface area contributed by atoms with E-state index in [1.54, 1.807) is 0 Å². The van der Waals surface area contributed by atoms with Crippen LogP contribution in [0.1, 0.15) is 56.1 Å². The second kappa shape index (κ2) is 8.35. The molecule has 0 spiro atoms. The molecular formula is C21H26FN3O. The van der Waals surface area contributed by atoms with Gasteiger partial charge in [-0.25, -0.2) is 4.39 Å². The highest BCUT2D eigenvalue weighted by atomic mass is 19.1. The molecular weight excluding hydrogens is 329 g/mol. The molecule has 1 aromatic carbocycles. The van der Waals surface area contributed by atoms with Crippen LogP contribution in [0.5, 0.6) is 0 Å². The van der Waals surface area contributed by atoms with Crippen LogP contribution in [0.15, 0.2) is 17.7 Å². The van der Waals surface area contributed by atoms with Crippen LogP contribution in [-0.4, -0.2) is 25.0 Å². The Balaban J connectivity index is 1.78. The predicted octanol–water partition coefficient (Wildman–Crippen LogP) is 4.09. The van der Waals surface area contributed by atoms with Crippen LogP contribution < -0.4 is 10.2 Å². The standard InChI is InChI=1S/C21H26FN3O/c1-15-11-20(25-9-5-6-10-25)19(22)13-16(15)12-17(14-23)21(26)24-18-7-3-2-4-8-18/h11-13,18H,2-10H2,1H3,(H,24,26). The van der Waals surface area contributed by atoms with Gasteiger partial charge in [-0.05, 0) is 61.9 Å². The zero-order valence-corrected chi connectivity index (χ0v) is 15.4. The molecule has 1 N–H and O–H groups in total. The molecule has 138 valence electrons. The maximum atomic E-state index is 14.6. The molecule has 26 heavy (non-hydrogen) atoms. The smallest absolute Gasteiger partial charge is 0.262 e. The summed E-state index contributed by atoms with van der Waals surface area (Å²) >= 11 is 0. The number of hydrogen-bond donors (Lipinski definition) is 1. The highest BCUT2D eigenvalue weighted by molar-refractivity contribution is 6.02. The molecule has 0 radical (unpaired) electrons. The Morgan fingerprint density at radius 1 is 1.23 bits per heavy atom. The fourth-order valence-electron chi connectivity index (χ4n) is 3.85. The van der Waals surface area contributed by atoms with Crippen molar-refractivity contribution in [1.82, 2.24) is 5.32 Å². The number of amides is 1. The summed E-state index contributed by atoms with van der Waals surface area (Å²) in [5.41, 5.74) is 2.10. The molecule has 2 fully saturated rings. The van der Waals surface area contributed by atoms with Crippen molar-refractivity contribution in [2.75, 3.05) is 18.0 Å². The first-order chi connectivity index (χ1) is 12.6. The van der Waals surface area contributed by atoms with Crippen molar-refractivity contribution in [2.24, 2.45) is 0 Å². The van der Waals surface area contributed by atoms with E-state index in [4.69, 9.17) is 0 Å². The third-order valence-electron chi connectivity index (χ3n) is 5.39. The normalized spacial score (nSPS) is 18.7. The second-order valence-corrected chi connectivity index (χ2v) is 7.33. The van der Waals surface area contributed by atoms with Gasteiger partial charge < -0.3 is 10.2 Å². The number of benzene rings is 1. The lowest BCUT2D eigenvalue weighted by Gasteiger charge is -2.22. The molecule has 1 amide bonds. The molecule has 1 aliphatic heterocycles. The Morgan fingerprint density at radius 3 is 2.58 bits per heavy atom. The van der Waals surface area contributed by atoms with Crippen molar-refractivity contribution in [3.8, 4) is 6.07 Å². The number of hydrogen-bond acceptors (Lipinski definition) is 3. The maximum Gasteiger partial charge on any atom is 0.262 e. The first-order valence-electron chi connectivity index (χ1n) is 9.56. The average Bonchev–Trinajstić information content (AvgIpc) is 3.17. The van der Waals surface area contributed by atoms with E-state index in [1.807, 2.05) is 19.1 Å². The van der Waals surface area contributed by atoms with Crippen molar-refractivity contribution in [2.45, 2.75) is 57.9 Å². The molecule has 2 aliphatic rings. The van der Waals surface area contributed by atoms with Gasteiger partial charge in [0.1, 0.15) is 17.5 Å². The van der Waals surface area contributed by atoms with Gasteiger partial charge in [0.15, 0.2) is 0 Å². The minimum Gasteiger partial charge on any atom is -0.369 e. The first kappa shape index (κ1) is 18.4. The second-order valence-electron chi connectivity index (χ2n) is 7.33. The highest BCUT2D eigenvalue weighted by Gasteiger charge is 2.20. The fraction of sp³-hybridized carbons (Fsp3) is 0.524. The largest absolute Gasteiger partial charge is 0.369 e. The average molecular weight is 355 g/mol. The third-order valence-corrected chi connectivity index (χ3v) is 5.39. The van der Waals surface area contributed by atoms with E-state index in [1.165, 1.54) is 18.6 Å². The van der Waals surface area contributed by atoms with Crippen LogP contribution in [0.4, 0.5) is 10.1 Å². The number of carbonyl (C=O) groups excluding carboxylic acids is 1. The Morgan fingerprint density at radius 2 is 1.92 bits per heavy atom. The number of nitrogens with one attached hydrogen (secondary N) is 1. The molecule has 1 saturated heterocycles. The lowest BCUT2D eigenvalue weighted by atomic mass is 9.95. The summed E-state index contributed by atoms with van der Waals surface area (Å²) in [5, 5.41) is 12.3. The van der Waals surface area contributed by atoms with Crippen molar-refractivity contribution in [3.63, 3.8) is 0 Å². The van der Waals surface area contributed by atoms with Gasteiger partial charge in [-0.2, -0.15) is 5.26 Å². The van der Waals surface area contributed by atoms with Crippen LogP contribution in [0.2, 0.25) is 0 Å². The van der Waals surface area contributed by atoms with Gasteiger partial charge in [-0.3, -0.25) is 4.79 Å². The van der Waals surface area contributed by atoms with Crippen molar-refractivity contribution in [3.05, 3.63) is 34.6 Å². The molecule has 1 saturated carbocycles. The fourth-order valence-corrected chi connectivity index (χ4v) is 3.85. The maximum absolute atomic E-state index is 14.6. The number of carbonyl (C=O) groups is 1. The van der Waals surface area contributed by atoms with Crippen molar-refractivity contribution >= 4 is 17.7 Å². The predicted molar refractivity (Wildman–Crippen MR) is 101 cm³/mol. The quantitative estimate of drug-likeness (QED) is 0.654. The molecule has 0 aromatic heterocycles. The van der Waals surface area contributed by atoms with Gasteiger partial charge in [0.2, 0.25) is 0 Å². The van der Waals surface area contributed by atoms with E-state index >= 15 is 0 Å². The van der Waals surface area contributed by atoms with Gasteiger partial charge in [-0.15, -0.1) is 0 Å². The molecule has 1 aromatic rings. The topological polar surface area (TPSA) is 56.1 Å². The van der Waals surface area contributed by atoms with Crippen LogP contribution >= 0.6 is 0 Å². The molecule has 1 aliphatic carbocycles. The Labute approximate surface area is 154 Å². The van der Waals surface area contributed by atoms with Gasteiger partial charge in [0.25, 0.3) is 5.91 Å². The van der Waals surface area contributed by atoms with Crippen LogP contribution in [0, 0.1) is 24.1 Å². The number of anilines is 1. The van der Waals surface area contributed by atoms with E-state index in [0.29, 0.717) is 11.3 Å². The van der Waals surface area contributed by atoms with Gasteiger partial charge in [-0.1, -0.05) is 19.3 Å². The number of rotatable bonds is 4. The lowest BCUT2D eigenvalue weighted by molar-refractivity contribution is -0.117. The number of nitrogens with zero attached hydrogens (tertiary/aromatic N) is 2. The summed E-state index contributed by atoms with van der Waals surface area (Å²) in [6.07, 6.45) is 9.02. The van der Waals surface area contributed by atoms with E-state index in [9.17, 15) is 14.4 Å². The van der Waals surface area contributed by atoms with Gasteiger partial charge >= 0.3 is 0 Å². The lowest BCUT2D eigenvalue weighted by Crippen LogP contribution is -2.36. The molecule has 0 bridgehead atoms. The Hall–Kier alpha value is -2.35. The van der Waals surface area contributed by atoms with E-state index in [-0.39, 0.29) is 23.3 Å². The summed E-state index contributed by atoms with van der Waals surface area (Å²) in [7, 11) is 0. The number of nitriles is 1. The summed E-state index contributed by atoms with van der Waals surface area (Å²) < 4.78 is 14.6. The molecule has 1 heterocycles. The molecule has 3 rings (SSSR count). The van der Waals surface area contributed by atoms with Crippen LogP contribution in [0.3, 0.4) is 0 Å². The Bertz CT molecular complexity index is 738. The molecule has 5 heteroatoms. The SMILES string of the molecule is Cc1cc(N2CCCC2)c(F)cc1C=C(C#N)C(=O)NC1CCCCC1. The molecule has 0 atom stereocenters. The monoisotopic (exact) mass is 355 g/mol. The van der Waals surface area contributed by atoms with Gasteiger partial charge in [0, 0.05) is 19.1 Å². The Kier molecular flexibility index (Phi) is 5.92. The van der Waals surface area contributed by atoms with Crippen molar-refractivity contribution in [1.29, 1.82) is 5.26 Å². The first-order valence-corrected chi connectivity index (χ1v) is 9.56. The number of aryl methyl sites for hydroxylation is 1. The van der Waals surface area contributed by atoms with Crippen LogP contribution in [-0.2, 0) is 4.79 Å². The summed E-state index contributed by atoms with van der Waals surface area (Å²) in [5.74, 6) is -0.656. The zero-order valence-electron chi connectivity index (χ0n) is 15.4. The summed E-state index contributed by atoms with van der Waals surface area (Å²) in [6.45, 7) is 3.64. The number of halogens is 1. The van der Waals surface area contributed by atoms with Crippen LogP contribution in [0.25, 0.3) is 6.08 Å². The third kappa shape index (κ3) is 4.24. The van der Waals surface area contributed by atoms with E-state index < -0.39 is 0 Å². The summed E-state index contributed by atoms with van der Waals surface area (Å²) in [6, 6.07) is 5.37. The van der Waals surface area contributed by atoms with E-state index in [2.05, 4.69) is 10.2 Å². The highest BCUT2D eigenvalue weighted by Crippen LogP contribution is 2.28. The molecule has 0 unspecified atom stereocenters. The minimum absolute atomic E-state index is 0.0343. The van der Waals surface area contributed by atoms with Crippen molar-refractivity contribution < 1.29 is 9.18 Å². The van der Waals surface area contributed by atoms with Gasteiger partial charge in [0.05, 0.1) is 5.69 Å². The summed E-state index contributed by atoms with van der Waals surface area (Å²) in [4.78, 5) is 14.5. The molecule has 4 nitrogen and oxygen atoms in total. The zero-order chi connectivity index (χ0) is 18.5.